The number of rotatable bonds is 3. The molecule has 0 spiro atoms. The van der Waals surface area contributed by atoms with Crippen LogP contribution in [0.25, 0.3) is 0 Å². The topological polar surface area (TPSA) is 96.0 Å². The number of nitriles is 1. The molecule has 0 aliphatic carbocycles. The molecule has 104 valence electrons. The van der Waals surface area contributed by atoms with Gasteiger partial charge in [-0.15, -0.1) is 0 Å². The van der Waals surface area contributed by atoms with Crippen LogP contribution in [0.3, 0.4) is 0 Å². The minimum Gasteiger partial charge on any atom is -0.337 e. The van der Waals surface area contributed by atoms with Crippen LogP contribution < -0.4 is 4.72 Å². The molecule has 7 heteroatoms. The predicted molar refractivity (Wildman–Crippen MR) is 72.7 cm³/mol. The molecule has 1 N–H and O–H groups in total. The summed E-state index contributed by atoms with van der Waals surface area (Å²) in [5.41, 5.74) is 2.30. The highest BCUT2D eigenvalue weighted by Gasteiger charge is 2.19. The maximum Gasteiger partial charge on any atom is 0.264 e. The van der Waals surface area contributed by atoms with Crippen molar-refractivity contribution in [2.75, 3.05) is 4.72 Å². The Balaban J connectivity index is 2.39. The van der Waals surface area contributed by atoms with Gasteiger partial charge in [0.05, 0.1) is 22.2 Å². The fraction of sp³-hybridized carbons (Fsp3) is 0.231. The summed E-state index contributed by atoms with van der Waals surface area (Å²) in [5, 5.41) is 12.5. The highest BCUT2D eigenvalue weighted by molar-refractivity contribution is 7.92. The molecule has 20 heavy (non-hydrogen) atoms. The third-order valence-corrected chi connectivity index (χ3v) is 4.34. The van der Waals surface area contributed by atoms with Gasteiger partial charge in [0.15, 0.2) is 0 Å². The lowest BCUT2D eigenvalue weighted by atomic mass is 10.1. The number of anilines is 1. The highest BCUT2D eigenvalue weighted by Crippen LogP contribution is 2.22. The van der Waals surface area contributed by atoms with E-state index in [1.165, 1.54) is 18.2 Å². The molecular weight excluding hydrogens is 278 g/mol. The van der Waals surface area contributed by atoms with Crippen LogP contribution in [0.5, 0.6) is 0 Å². The average molecular weight is 291 g/mol. The van der Waals surface area contributed by atoms with Gasteiger partial charge in [0, 0.05) is 5.56 Å². The maximum atomic E-state index is 12.2. The van der Waals surface area contributed by atoms with E-state index in [1.807, 2.05) is 6.07 Å². The lowest BCUT2D eigenvalue weighted by molar-refractivity contribution is 0.430. The van der Waals surface area contributed by atoms with Crippen LogP contribution in [0.1, 0.15) is 22.4 Å². The third kappa shape index (κ3) is 2.51. The molecule has 2 rings (SSSR count). The van der Waals surface area contributed by atoms with Crippen LogP contribution in [-0.4, -0.2) is 13.6 Å². The minimum absolute atomic E-state index is 0.0717. The Kier molecular flexibility index (Phi) is 3.51. The number of sulfonamides is 1. The summed E-state index contributed by atoms with van der Waals surface area (Å²) < 4.78 is 31.7. The standard InChI is InChI=1S/C13H13N3O3S/c1-8-6-12(5-4-11(8)7-14)20(17,18)16-13-9(2)10(3)15-19-13/h4-6,16H,1-3H3. The van der Waals surface area contributed by atoms with E-state index in [0.717, 1.165) is 0 Å². The fourth-order valence-corrected chi connectivity index (χ4v) is 2.75. The van der Waals surface area contributed by atoms with Crippen LogP contribution in [0, 0.1) is 32.1 Å². The number of aromatic nitrogens is 1. The highest BCUT2D eigenvalue weighted by atomic mass is 32.2. The summed E-state index contributed by atoms with van der Waals surface area (Å²) in [6, 6.07) is 6.29. The van der Waals surface area contributed by atoms with Crippen molar-refractivity contribution in [1.82, 2.24) is 5.16 Å². The van der Waals surface area contributed by atoms with E-state index in [9.17, 15) is 8.42 Å². The Labute approximate surface area is 117 Å². The molecule has 0 radical (unpaired) electrons. The molecule has 0 bridgehead atoms. The zero-order chi connectivity index (χ0) is 14.9. The lowest BCUT2D eigenvalue weighted by Gasteiger charge is -2.07. The Morgan fingerprint density at radius 2 is 2.00 bits per heavy atom. The quantitative estimate of drug-likeness (QED) is 0.935. The van der Waals surface area contributed by atoms with Gasteiger partial charge in [-0.3, -0.25) is 0 Å². The summed E-state index contributed by atoms with van der Waals surface area (Å²) in [6.45, 7) is 5.12. The van der Waals surface area contributed by atoms with E-state index in [-0.39, 0.29) is 10.8 Å². The van der Waals surface area contributed by atoms with Crippen molar-refractivity contribution in [3.05, 3.63) is 40.6 Å². The van der Waals surface area contributed by atoms with Crippen molar-refractivity contribution in [2.45, 2.75) is 25.7 Å². The largest absolute Gasteiger partial charge is 0.337 e. The first-order valence-electron chi connectivity index (χ1n) is 5.81. The molecule has 1 aromatic carbocycles. The van der Waals surface area contributed by atoms with Crippen molar-refractivity contribution in [2.24, 2.45) is 0 Å². The average Bonchev–Trinajstić information content (AvgIpc) is 2.70. The fourth-order valence-electron chi connectivity index (χ4n) is 1.62. The molecule has 0 fully saturated rings. The molecule has 0 aliphatic heterocycles. The van der Waals surface area contributed by atoms with Crippen molar-refractivity contribution in [3.63, 3.8) is 0 Å². The molecule has 0 unspecified atom stereocenters. The van der Waals surface area contributed by atoms with Gasteiger partial charge in [-0.1, -0.05) is 5.16 Å². The Morgan fingerprint density at radius 1 is 1.30 bits per heavy atom. The van der Waals surface area contributed by atoms with Crippen molar-refractivity contribution >= 4 is 15.9 Å². The van der Waals surface area contributed by atoms with E-state index < -0.39 is 10.0 Å². The van der Waals surface area contributed by atoms with Crippen molar-refractivity contribution in [3.8, 4) is 6.07 Å². The number of hydrogen-bond donors (Lipinski definition) is 1. The molecule has 0 saturated heterocycles. The zero-order valence-electron chi connectivity index (χ0n) is 11.3. The van der Waals surface area contributed by atoms with Crippen LogP contribution in [0.2, 0.25) is 0 Å². The normalized spacial score (nSPS) is 11.1. The van der Waals surface area contributed by atoms with Crippen molar-refractivity contribution < 1.29 is 12.9 Å². The maximum absolute atomic E-state index is 12.2. The number of benzene rings is 1. The Bertz CT molecular complexity index is 801. The third-order valence-electron chi connectivity index (χ3n) is 3.01. The van der Waals surface area contributed by atoms with E-state index in [1.54, 1.807) is 20.8 Å². The SMILES string of the molecule is Cc1cc(S(=O)(=O)Nc2onc(C)c2C)ccc1C#N. The first kappa shape index (κ1) is 14.1. The van der Waals surface area contributed by atoms with Gasteiger partial charge in [-0.2, -0.15) is 5.26 Å². The number of nitrogens with zero attached hydrogens (tertiary/aromatic N) is 2. The van der Waals surface area contributed by atoms with E-state index in [4.69, 9.17) is 9.78 Å². The first-order valence-corrected chi connectivity index (χ1v) is 7.30. The van der Waals surface area contributed by atoms with Crippen molar-refractivity contribution in [1.29, 1.82) is 5.26 Å². The minimum atomic E-state index is -3.76. The summed E-state index contributed by atoms with van der Waals surface area (Å²) in [5.74, 6) is 0.101. The van der Waals surface area contributed by atoms with E-state index >= 15 is 0 Å². The van der Waals surface area contributed by atoms with E-state index in [2.05, 4.69) is 9.88 Å². The van der Waals surface area contributed by atoms with Gasteiger partial charge in [-0.05, 0) is 44.5 Å². The van der Waals surface area contributed by atoms with Crippen LogP contribution in [-0.2, 0) is 10.0 Å². The first-order chi connectivity index (χ1) is 9.35. The predicted octanol–water partition coefficient (Wildman–Crippen LogP) is 2.27. The summed E-state index contributed by atoms with van der Waals surface area (Å²) >= 11 is 0. The van der Waals surface area contributed by atoms with Crippen LogP contribution in [0.4, 0.5) is 5.88 Å². The van der Waals surface area contributed by atoms with Crippen LogP contribution in [0.15, 0.2) is 27.6 Å². The molecule has 0 saturated carbocycles. The molecule has 0 amide bonds. The lowest BCUT2D eigenvalue weighted by Crippen LogP contribution is -2.13. The molecule has 0 atom stereocenters. The second-order valence-corrected chi connectivity index (χ2v) is 6.10. The Hall–Kier alpha value is -2.33. The summed E-state index contributed by atoms with van der Waals surface area (Å²) in [4.78, 5) is 0.0717. The molecular formula is C13H13N3O3S. The molecule has 6 nitrogen and oxygen atoms in total. The van der Waals surface area contributed by atoms with Crippen LogP contribution >= 0.6 is 0 Å². The Morgan fingerprint density at radius 3 is 2.50 bits per heavy atom. The van der Waals surface area contributed by atoms with Gasteiger partial charge in [-0.25, -0.2) is 13.1 Å². The number of nitrogens with one attached hydrogen (secondary N) is 1. The monoisotopic (exact) mass is 291 g/mol. The summed E-state index contributed by atoms with van der Waals surface area (Å²) in [6.07, 6.45) is 0. The molecule has 1 aromatic heterocycles. The van der Waals surface area contributed by atoms with Gasteiger partial charge < -0.3 is 4.52 Å². The molecule has 2 aromatic rings. The zero-order valence-corrected chi connectivity index (χ0v) is 12.1. The molecule has 1 heterocycles. The smallest absolute Gasteiger partial charge is 0.264 e. The second-order valence-electron chi connectivity index (χ2n) is 4.42. The van der Waals surface area contributed by atoms with Gasteiger partial charge >= 0.3 is 0 Å². The number of hydrogen-bond acceptors (Lipinski definition) is 5. The molecule has 0 aliphatic rings. The van der Waals surface area contributed by atoms with Gasteiger partial charge in [0.1, 0.15) is 0 Å². The number of aryl methyl sites for hydroxylation is 2. The van der Waals surface area contributed by atoms with Gasteiger partial charge in [0.2, 0.25) is 5.88 Å². The van der Waals surface area contributed by atoms with Gasteiger partial charge in [0.25, 0.3) is 10.0 Å². The second kappa shape index (κ2) is 4.98. The summed E-state index contributed by atoms with van der Waals surface area (Å²) in [7, 11) is -3.76. The van der Waals surface area contributed by atoms with E-state index in [0.29, 0.717) is 22.4 Å².